The van der Waals surface area contributed by atoms with E-state index in [0.29, 0.717) is 29.2 Å². The minimum absolute atomic E-state index is 0.461. The van der Waals surface area contributed by atoms with Crippen molar-refractivity contribution in [1.29, 1.82) is 0 Å². The van der Waals surface area contributed by atoms with Crippen molar-refractivity contribution in [1.82, 2.24) is 10.2 Å². The Morgan fingerprint density at radius 3 is 2.74 bits per heavy atom. The molecule has 1 saturated heterocycles. The Kier molecular flexibility index (Phi) is 7.39. The predicted molar refractivity (Wildman–Crippen MR) is 111 cm³/mol. The SMILES string of the molecule is CCN1CCCC1CNCc1cc(Cl)c(OCc2ccccc2)c(OC)c1. The lowest BCUT2D eigenvalue weighted by Gasteiger charge is -2.23. The summed E-state index contributed by atoms with van der Waals surface area (Å²) in [6, 6.07) is 14.6. The van der Waals surface area contributed by atoms with Gasteiger partial charge in [-0.05, 0) is 49.2 Å². The molecule has 0 spiro atoms. The van der Waals surface area contributed by atoms with Crippen LogP contribution in [0.2, 0.25) is 5.02 Å². The van der Waals surface area contributed by atoms with Crippen LogP contribution < -0.4 is 14.8 Å². The molecule has 0 aromatic heterocycles. The number of hydrogen-bond acceptors (Lipinski definition) is 4. The van der Waals surface area contributed by atoms with Gasteiger partial charge in [0.15, 0.2) is 11.5 Å². The minimum Gasteiger partial charge on any atom is -0.493 e. The lowest BCUT2D eigenvalue weighted by Crippen LogP contribution is -2.37. The molecule has 1 heterocycles. The zero-order chi connectivity index (χ0) is 19.1. The Labute approximate surface area is 167 Å². The highest BCUT2D eigenvalue weighted by atomic mass is 35.5. The van der Waals surface area contributed by atoms with E-state index in [1.165, 1.54) is 19.4 Å². The van der Waals surface area contributed by atoms with E-state index in [1.807, 2.05) is 42.5 Å². The molecule has 1 unspecified atom stereocenters. The monoisotopic (exact) mass is 388 g/mol. The first-order chi connectivity index (χ1) is 13.2. The number of hydrogen-bond donors (Lipinski definition) is 1. The molecule has 3 rings (SSSR count). The highest BCUT2D eigenvalue weighted by Gasteiger charge is 2.22. The van der Waals surface area contributed by atoms with Crippen LogP contribution in [-0.2, 0) is 13.2 Å². The standard InChI is InChI=1S/C22H29ClN2O2/c1-3-25-11-7-10-19(25)15-24-14-18-12-20(23)22(21(13-18)26-2)27-16-17-8-5-4-6-9-17/h4-6,8-9,12-13,19,24H,3,7,10-11,14-16H2,1-2H3. The van der Waals surface area contributed by atoms with Crippen LogP contribution in [0.15, 0.2) is 42.5 Å². The summed E-state index contributed by atoms with van der Waals surface area (Å²) < 4.78 is 11.5. The number of benzene rings is 2. The molecular formula is C22H29ClN2O2. The zero-order valence-electron chi connectivity index (χ0n) is 16.2. The molecule has 1 aliphatic rings. The van der Waals surface area contributed by atoms with Gasteiger partial charge in [0.2, 0.25) is 0 Å². The van der Waals surface area contributed by atoms with Crippen molar-refractivity contribution < 1.29 is 9.47 Å². The molecule has 2 aromatic rings. The maximum Gasteiger partial charge on any atom is 0.180 e. The largest absolute Gasteiger partial charge is 0.493 e. The fraction of sp³-hybridized carbons (Fsp3) is 0.455. The number of nitrogens with zero attached hydrogens (tertiary/aromatic N) is 1. The van der Waals surface area contributed by atoms with Crippen LogP contribution in [0.25, 0.3) is 0 Å². The summed E-state index contributed by atoms with van der Waals surface area (Å²) in [6.07, 6.45) is 2.57. The van der Waals surface area contributed by atoms with Crippen molar-refractivity contribution in [2.24, 2.45) is 0 Å². The van der Waals surface area contributed by atoms with Crippen LogP contribution >= 0.6 is 11.6 Å². The van der Waals surface area contributed by atoms with Gasteiger partial charge in [-0.1, -0.05) is 48.9 Å². The van der Waals surface area contributed by atoms with Crippen LogP contribution in [0.3, 0.4) is 0 Å². The summed E-state index contributed by atoms with van der Waals surface area (Å²) in [5, 5.41) is 4.15. The van der Waals surface area contributed by atoms with E-state index in [4.69, 9.17) is 21.1 Å². The van der Waals surface area contributed by atoms with Gasteiger partial charge in [0.25, 0.3) is 0 Å². The van der Waals surface area contributed by atoms with Gasteiger partial charge in [0.1, 0.15) is 6.61 Å². The molecule has 0 radical (unpaired) electrons. The minimum atomic E-state index is 0.461. The Morgan fingerprint density at radius 2 is 2.00 bits per heavy atom. The third-order valence-electron chi connectivity index (χ3n) is 5.13. The first-order valence-corrected chi connectivity index (χ1v) is 10.1. The van der Waals surface area contributed by atoms with E-state index in [0.717, 1.165) is 30.8 Å². The zero-order valence-corrected chi connectivity index (χ0v) is 17.0. The van der Waals surface area contributed by atoms with Crippen molar-refractivity contribution in [3.63, 3.8) is 0 Å². The third-order valence-corrected chi connectivity index (χ3v) is 5.41. The molecule has 27 heavy (non-hydrogen) atoms. The maximum atomic E-state index is 6.49. The van der Waals surface area contributed by atoms with Gasteiger partial charge in [0, 0.05) is 19.1 Å². The van der Waals surface area contributed by atoms with Gasteiger partial charge in [-0.2, -0.15) is 0 Å². The van der Waals surface area contributed by atoms with E-state index >= 15 is 0 Å². The van der Waals surface area contributed by atoms with Crippen molar-refractivity contribution in [2.45, 2.75) is 39.0 Å². The van der Waals surface area contributed by atoms with Crippen molar-refractivity contribution in [3.8, 4) is 11.5 Å². The molecule has 0 saturated carbocycles. The number of halogens is 1. The summed E-state index contributed by atoms with van der Waals surface area (Å²) in [6.45, 7) is 6.80. The number of nitrogens with one attached hydrogen (secondary N) is 1. The van der Waals surface area contributed by atoms with Crippen molar-refractivity contribution in [3.05, 3.63) is 58.6 Å². The normalized spacial score (nSPS) is 17.2. The lowest BCUT2D eigenvalue weighted by molar-refractivity contribution is 0.260. The highest BCUT2D eigenvalue weighted by molar-refractivity contribution is 6.32. The molecule has 1 aliphatic heterocycles. The van der Waals surface area contributed by atoms with Crippen LogP contribution in [0.1, 0.15) is 30.9 Å². The Morgan fingerprint density at radius 1 is 1.19 bits per heavy atom. The molecule has 5 heteroatoms. The predicted octanol–water partition coefficient (Wildman–Crippen LogP) is 4.50. The van der Waals surface area contributed by atoms with Gasteiger partial charge >= 0.3 is 0 Å². The van der Waals surface area contributed by atoms with E-state index in [-0.39, 0.29) is 0 Å². The van der Waals surface area contributed by atoms with Crippen LogP contribution in [-0.4, -0.2) is 37.7 Å². The fourth-order valence-electron chi connectivity index (χ4n) is 3.67. The first kappa shape index (κ1) is 20.0. The topological polar surface area (TPSA) is 33.7 Å². The van der Waals surface area contributed by atoms with Crippen LogP contribution in [0.4, 0.5) is 0 Å². The van der Waals surface area contributed by atoms with E-state index in [9.17, 15) is 0 Å². The summed E-state index contributed by atoms with van der Waals surface area (Å²) in [7, 11) is 1.65. The Hall–Kier alpha value is -1.75. The van der Waals surface area contributed by atoms with Gasteiger partial charge in [0.05, 0.1) is 12.1 Å². The fourth-order valence-corrected chi connectivity index (χ4v) is 3.96. The summed E-state index contributed by atoms with van der Waals surface area (Å²) in [4.78, 5) is 2.54. The van der Waals surface area contributed by atoms with Gasteiger partial charge in [-0.25, -0.2) is 0 Å². The number of ether oxygens (including phenoxy) is 2. The van der Waals surface area contributed by atoms with Crippen LogP contribution in [0, 0.1) is 0 Å². The molecule has 1 atom stereocenters. The summed E-state index contributed by atoms with van der Waals surface area (Å²) in [5.41, 5.74) is 2.20. The van der Waals surface area contributed by atoms with Crippen molar-refractivity contribution >= 4 is 11.6 Å². The van der Waals surface area contributed by atoms with Gasteiger partial charge in [-0.3, -0.25) is 4.90 Å². The number of likely N-dealkylation sites (N-methyl/N-ethyl adjacent to an activating group) is 1. The molecular weight excluding hydrogens is 360 g/mol. The van der Waals surface area contributed by atoms with E-state index in [1.54, 1.807) is 7.11 Å². The second-order valence-electron chi connectivity index (χ2n) is 6.94. The van der Waals surface area contributed by atoms with E-state index in [2.05, 4.69) is 17.1 Å². The summed E-state index contributed by atoms with van der Waals surface area (Å²) >= 11 is 6.49. The molecule has 2 aromatic carbocycles. The number of rotatable bonds is 9. The second kappa shape index (κ2) is 9.98. The average Bonchev–Trinajstić information content (AvgIpc) is 3.15. The number of likely N-dealkylation sites (tertiary alicyclic amines) is 1. The molecule has 0 amide bonds. The summed E-state index contributed by atoms with van der Waals surface area (Å²) in [5.74, 6) is 1.27. The Balaban J connectivity index is 1.59. The molecule has 4 nitrogen and oxygen atoms in total. The van der Waals surface area contributed by atoms with Crippen molar-refractivity contribution in [2.75, 3.05) is 26.7 Å². The maximum absolute atomic E-state index is 6.49. The second-order valence-corrected chi connectivity index (χ2v) is 7.35. The Bertz CT molecular complexity index is 724. The van der Waals surface area contributed by atoms with Gasteiger partial charge in [-0.15, -0.1) is 0 Å². The molecule has 0 aliphatic carbocycles. The smallest absolute Gasteiger partial charge is 0.180 e. The molecule has 1 N–H and O–H groups in total. The molecule has 1 fully saturated rings. The molecule has 146 valence electrons. The van der Waals surface area contributed by atoms with E-state index < -0.39 is 0 Å². The third kappa shape index (κ3) is 5.38. The highest BCUT2D eigenvalue weighted by Crippen LogP contribution is 2.37. The lowest BCUT2D eigenvalue weighted by atomic mass is 10.1. The number of methoxy groups -OCH3 is 1. The first-order valence-electron chi connectivity index (χ1n) is 9.69. The quantitative estimate of drug-likeness (QED) is 0.685. The van der Waals surface area contributed by atoms with Gasteiger partial charge < -0.3 is 14.8 Å². The average molecular weight is 389 g/mol. The van der Waals surface area contributed by atoms with Crippen LogP contribution in [0.5, 0.6) is 11.5 Å². The molecule has 0 bridgehead atoms.